The second kappa shape index (κ2) is 6.23. The van der Waals surface area contributed by atoms with Crippen LogP contribution in [0, 0.1) is 5.41 Å². The Hall–Kier alpha value is -2.03. The number of carbonyl (C=O) groups excluding carboxylic acids is 1. The van der Waals surface area contributed by atoms with Crippen molar-refractivity contribution < 1.29 is 18.4 Å². The first-order valence-electron chi connectivity index (χ1n) is 6.96. The molecule has 0 aliphatic rings. The molecule has 0 spiro atoms. The molecule has 1 aromatic carbocycles. The smallest absolute Gasteiger partial charge is 0.262 e. The summed E-state index contributed by atoms with van der Waals surface area (Å²) in [5, 5.41) is 9.51. The lowest BCUT2D eigenvalue weighted by Crippen LogP contribution is -2.52. The van der Waals surface area contributed by atoms with Crippen LogP contribution in [0.15, 0.2) is 41.4 Å². The molecule has 0 saturated carbocycles. The van der Waals surface area contributed by atoms with Crippen molar-refractivity contribution in [3.8, 4) is 0 Å². The fourth-order valence-corrected chi connectivity index (χ4v) is 3.57. The fraction of sp³-hybridized carbons (Fsp3) is 0.333. The molecule has 8 heteroatoms. The maximum atomic E-state index is 12.6. The van der Waals surface area contributed by atoms with Crippen molar-refractivity contribution in [1.29, 1.82) is 0 Å². The molecule has 124 valence electrons. The molecule has 0 fully saturated rings. The average Bonchev–Trinajstić information content (AvgIpc) is 2.50. The van der Waals surface area contributed by atoms with Crippen LogP contribution in [-0.2, 0) is 14.8 Å². The molecule has 0 aliphatic carbocycles. The third-order valence-corrected chi connectivity index (χ3v) is 4.82. The molecular formula is C15H19N3O4S. The molecule has 23 heavy (non-hydrogen) atoms. The van der Waals surface area contributed by atoms with Crippen LogP contribution in [0.2, 0.25) is 0 Å². The second-order valence-corrected chi connectivity index (χ2v) is 7.97. The Kier molecular flexibility index (Phi) is 4.69. The molecule has 1 amide bonds. The first kappa shape index (κ1) is 17.3. The topological polar surface area (TPSA) is 108 Å². The predicted octanol–water partition coefficient (Wildman–Crippen LogP) is 1.43. The van der Waals surface area contributed by atoms with Gasteiger partial charge in [-0.3, -0.25) is 15.0 Å². The number of fused-ring (bicyclic) bond motifs is 1. The number of nitrogens with zero attached hydrogens (tertiary/aromatic N) is 1. The zero-order chi connectivity index (χ0) is 17.3. The number of amides is 1. The summed E-state index contributed by atoms with van der Waals surface area (Å²) < 4.78 is 27.5. The minimum Gasteiger partial charge on any atom is -0.289 e. The van der Waals surface area contributed by atoms with Gasteiger partial charge in [-0.25, -0.2) is 13.9 Å². The van der Waals surface area contributed by atoms with Gasteiger partial charge in [-0.1, -0.05) is 26.8 Å². The van der Waals surface area contributed by atoms with E-state index in [0.717, 1.165) is 0 Å². The maximum absolute atomic E-state index is 12.6. The van der Waals surface area contributed by atoms with Crippen molar-refractivity contribution in [3.05, 3.63) is 36.5 Å². The largest absolute Gasteiger partial charge is 0.289 e. The fourth-order valence-electron chi connectivity index (χ4n) is 2.13. The molecular weight excluding hydrogens is 318 g/mol. The lowest BCUT2D eigenvalue weighted by Gasteiger charge is -2.29. The number of carbonyl (C=O) groups is 1. The maximum Gasteiger partial charge on any atom is 0.262 e. The van der Waals surface area contributed by atoms with E-state index in [0.29, 0.717) is 10.9 Å². The highest BCUT2D eigenvalue weighted by Crippen LogP contribution is 2.23. The monoisotopic (exact) mass is 337 g/mol. The lowest BCUT2D eigenvalue weighted by molar-refractivity contribution is -0.133. The SMILES string of the molecule is CC(C)(C)C(NS(=O)(=O)c1ccc2ncccc2c1)C(=O)NO. The van der Waals surface area contributed by atoms with E-state index in [1.54, 1.807) is 45.2 Å². The Labute approximate surface area is 134 Å². The van der Waals surface area contributed by atoms with Gasteiger partial charge in [0.2, 0.25) is 10.0 Å². The van der Waals surface area contributed by atoms with E-state index in [1.165, 1.54) is 17.6 Å². The van der Waals surface area contributed by atoms with E-state index in [1.807, 2.05) is 0 Å². The van der Waals surface area contributed by atoms with Crippen molar-refractivity contribution in [2.45, 2.75) is 31.7 Å². The van der Waals surface area contributed by atoms with Gasteiger partial charge in [0.05, 0.1) is 10.4 Å². The average molecular weight is 337 g/mol. The number of hydroxylamine groups is 1. The Morgan fingerprint density at radius 1 is 1.26 bits per heavy atom. The molecule has 0 radical (unpaired) electrons. The van der Waals surface area contributed by atoms with E-state index >= 15 is 0 Å². The van der Waals surface area contributed by atoms with E-state index in [2.05, 4.69) is 9.71 Å². The van der Waals surface area contributed by atoms with Gasteiger partial charge in [-0.05, 0) is 29.7 Å². The zero-order valence-corrected chi connectivity index (χ0v) is 13.9. The molecule has 1 atom stereocenters. The van der Waals surface area contributed by atoms with Gasteiger partial charge >= 0.3 is 0 Å². The van der Waals surface area contributed by atoms with Crippen molar-refractivity contribution in [3.63, 3.8) is 0 Å². The van der Waals surface area contributed by atoms with Gasteiger partial charge in [-0.15, -0.1) is 0 Å². The second-order valence-electron chi connectivity index (χ2n) is 6.25. The van der Waals surface area contributed by atoms with Crippen LogP contribution < -0.4 is 10.2 Å². The molecule has 1 aromatic heterocycles. The van der Waals surface area contributed by atoms with E-state index in [-0.39, 0.29) is 4.90 Å². The molecule has 2 aromatic rings. The van der Waals surface area contributed by atoms with E-state index < -0.39 is 27.4 Å². The van der Waals surface area contributed by atoms with Crippen molar-refractivity contribution in [2.75, 3.05) is 0 Å². The summed E-state index contributed by atoms with van der Waals surface area (Å²) in [6, 6.07) is 6.85. The minimum absolute atomic E-state index is 0.0259. The quantitative estimate of drug-likeness (QED) is 0.578. The zero-order valence-electron chi connectivity index (χ0n) is 13.1. The number of nitrogens with one attached hydrogen (secondary N) is 2. The van der Waals surface area contributed by atoms with Crippen molar-refractivity contribution >= 4 is 26.8 Å². The van der Waals surface area contributed by atoms with Gasteiger partial charge in [0.25, 0.3) is 5.91 Å². The Morgan fingerprint density at radius 3 is 2.57 bits per heavy atom. The van der Waals surface area contributed by atoms with Crippen LogP contribution in [0.5, 0.6) is 0 Å². The van der Waals surface area contributed by atoms with Crippen LogP contribution >= 0.6 is 0 Å². The lowest BCUT2D eigenvalue weighted by atomic mass is 9.87. The number of benzene rings is 1. The summed E-state index contributed by atoms with van der Waals surface area (Å²) in [6.45, 7) is 5.08. The molecule has 7 nitrogen and oxygen atoms in total. The Bertz CT molecular complexity index is 828. The first-order valence-corrected chi connectivity index (χ1v) is 8.44. The number of hydrogen-bond donors (Lipinski definition) is 3. The van der Waals surface area contributed by atoms with Crippen LogP contribution in [0.25, 0.3) is 10.9 Å². The first-order chi connectivity index (χ1) is 10.6. The Morgan fingerprint density at radius 2 is 1.96 bits per heavy atom. The summed E-state index contributed by atoms with van der Waals surface area (Å²) in [5.74, 6) is -0.816. The summed E-state index contributed by atoms with van der Waals surface area (Å²) in [4.78, 5) is 15.9. The van der Waals surface area contributed by atoms with Crippen LogP contribution in [0.3, 0.4) is 0 Å². The van der Waals surface area contributed by atoms with E-state index in [9.17, 15) is 13.2 Å². The molecule has 1 unspecified atom stereocenters. The van der Waals surface area contributed by atoms with Crippen LogP contribution in [0.1, 0.15) is 20.8 Å². The standard InChI is InChI=1S/C15H19N3O4S/c1-15(2,3)13(14(19)17-20)18-23(21,22)11-6-7-12-10(9-11)5-4-8-16-12/h4-9,13,18,20H,1-3H3,(H,17,19). The van der Waals surface area contributed by atoms with Crippen molar-refractivity contribution in [1.82, 2.24) is 15.2 Å². The number of pyridine rings is 1. The predicted molar refractivity (Wildman–Crippen MR) is 85.2 cm³/mol. The highest BCUT2D eigenvalue weighted by atomic mass is 32.2. The minimum atomic E-state index is -3.94. The normalized spacial score (nSPS) is 13.7. The summed E-state index contributed by atoms with van der Waals surface area (Å²) >= 11 is 0. The highest BCUT2D eigenvalue weighted by Gasteiger charge is 2.35. The van der Waals surface area contributed by atoms with Gasteiger partial charge in [-0.2, -0.15) is 4.72 Å². The summed E-state index contributed by atoms with van der Waals surface area (Å²) in [6.07, 6.45) is 1.62. The third-order valence-electron chi connectivity index (χ3n) is 3.40. The highest BCUT2D eigenvalue weighted by molar-refractivity contribution is 7.89. The van der Waals surface area contributed by atoms with Gasteiger partial charge < -0.3 is 0 Å². The van der Waals surface area contributed by atoms with Crippen LogP contribution in [-0.4, -0.2) is 30.6 Å². The molecule has 2 rings (SSSR count). The molecule has 0 aliphatic heterocycles. The van der Waals surface area contributed by atoms with Crippen LogP contribution in [0.4, 0.5) is 0 Å². The van der Waals surface area contributed by atoms with E-state index in [4.69, 9.17) is 5.21 Å². The summed E-state index contributed by atoms with van der Waals surface area (Å²) in [7, 11) is -3.94. The van der Waals surface area contributed by atoms with Gasteiger partial charge in [0.1, 0.15) is 6.04 Å². The van der Waals surface area contributed by atoms with Gasteiger partial charge in [0.15, 0.2) is 0 Å². The number of sulfonamides is 1. The summed E-state index contributed by atoms with van der Waals surface area (Å²) in [5.41, 5.74) is 1.45. The molecule has 1 heterocycles. The molecule has 0 bridgehead atoms. The number of rotatable bonds is 4. The van der Waals surface area contributed by atoms with Gasteiger partial charge in [0, 0.05) is 11.6 Å². The van der Waals surface area contributed by atoms with Crippen molar-refractivity contribution in [2.24, 2.45) is 5.41 Å². The molecule has 0 saturated heterocycles. The number of hydrogen-bond acceptors (Lipinski definition) is 5. The Balaban J connectivity index is 2.41. The third kappa shape index (κ3) is 3.84. The molecule has 3 N–H and O–H groups in total. The number of aromatic nitrogens is 1.